The minimum Gasteiger partial charge on any atom is -0.490 e. The molecule has 4 amide bonds. The molecule has 1 aliphatic heterocycles. The molecule has 3 rings (SSSR count). The molecule has 9 heteroatoms. The number of urea groups is 1. The molecule has 31 heavy (non-hydrogen) atoms. The van der Waals surface area contributed by atoms with Crippen molar-refractivity contribution in [2.45, 2.75) is 6.92 Å². The first-order chi connectivity index (χ1) is 14.8. The standard InChI is InChI=1S/C22H16BrFN2O5/c1-3-8-31-19-12-17(23)13(10-18(19)30-4-2)9-16-20(27)25-22(29)26(21(16)28)15-7-5-6-14(24)11-15/h1,5-7,9-12H,4,8H2,2H3,(H,25,27,29)/b16-9+. The molecule has 0 bridgehead atoms. The van der Waals surface area contributed by atoms with Crippen molar-refractivity contribution in [3.8, 4) is 23.8 Å². The van der Waals surface area contributed by atoms with Crippen LogP contribution in [0.5, 0.6) is 11.5 Å². The first-order valence-electron chi connectivity index (χ1n) is 9.05. The second-order valence-electron chi connectivity index (χ2n) is 6.18. The number of carbonyl (C=O) groups excluding carboxylic acids is 3. The Balaban J connectivity index is 2.04. The lowest BCUT2D eigenvalue weighted by atomic mass is 10.1. The topological polar surface area (TPSA) is 84.9 Å². The first-order valence-corrected chi connectivity index (χ1v) is 9.84. The Labute approximate surface area is 185 Å². The third-order valence-corrected chi connectivity index (χ3v) is 4.83. The van der Waals surface area contributed by atoms with Crippen LogP contribution >= 0.6 is 15.9 Å². The van der Waals surface area contributed by atoms with Gasteiger partial charge in [-0.05, 0) is 48.9 Å². The van der Waals surface area contributed by atoms with E-state index in [1.54, 1.807) is 19.1 Å². The number of halogens is 2. The number of barbiturate groups is 1. The lowest BCUT2D eigenvalue weighted by Crippen LogP contribution is -2.54. The number of terminal acetylenes is 1. The van der Waals surface area contributed by atoms with Crippen molar-refractivity contribution in [3.63, 3.8) is 0 Å². The van der Waals surface area contributed by atoms with E-state index in [1.165, 1.54) is 24.3 Å². The highest BCUT2D eigenvalue weighted by molar-refractivity contribution is 9.10. The molecule has 1 aliphatic rings. The molecular weight excluding hydrogens is 471 g/mol. The van der Waals surface area contributed by atoms with Crippen molar-refractivity contribution in [1.29, 1.82) is 0 Å². The van der Waals surface area contributed by atoms with Crippen LogP contribution < -0.4 is 19.7 Å². The highest BCUT2D eigenvalue weighted by Gasteiger charge is 2.37. The molecule has 2 aromatic rings. The Morgan fingerprint density at radius 3 is 2.61 bits per heavy atom. The van der Waals surface area contributed by atoms with Crippen molar-refractivity contribution in [2.24, 2.45) is 0 Å². The number of hydrogen-bond acceptors (Lipinski definition) is 5. The van der Waals surface area contributed by atoms with E-state index < -0.39 is 23.7 Å². The van der Waals surface area contributed by atoms with Gasteiger partial charge in [0, 0.05) is 4.47 Å². The summed E-state index contributed by atoms with van der Waals surface area (Å²) < 4.78 is 25.1. The van der Waals surface area contributed by atoms with E-state index in [1.807, 2.05) is 0 Å². The maximum absolute atomic E-state index is 13.6. The van der Waals surface area contributed by atoms with Gasteiger partial charge in [-0.15, -0.1) is 6.42 Å². The van der Waals surface area contributed by atoms with Crippen LogP contribution in [0.3, 0.4) is 0 Å². The molecule has 1 N–H and O–H groups in total. The molecular formula is C22H16BrFN2O5. The number of nitrogens with one attached hydrogen (secondary N) is 1. The van der Waals surface area contributed by atoms with Gasteiger partial charge in [0.2, 0.25) is 0 Å². The highest BCUT2D eigenvalue weighted by Crippen LogP contribution is 2.35. The lowest BCUT2D eigenvalue weighted by molar-refractivity contribution is -0.122. The summed E-state index contributed by atoms with van der Waals surface area (Å²) in [7, 11) is 0. The second-order valence-corrected chi connectivity index (χ2v) is 7.04. The zero-order valence-electron chi connectivity index (χ0n) is 16.3. The number of carbonyl (C=O) groups is 3. The summed E-state index contributed by atoms with van der Waals surface area (Å²) in [6.07, 6.45) is 6.53. The minimum atomic E-state index is -0.968. The smallest absolute Gasteiger partial charge is 0.335 e. The summed E-state index contributed by atoms with van der Waals surface area (Å²) in [6.45, 7) is 2.15. The third kappa shape index (κ3) is 4.75. The van der Waals surface area contributed by atoms with Gasteiger partial charge in [0.15, 0.2) is 11.5 Å². The van der Waals surface area contributed by atoms with Gasteiger partial charge in [-0.2, -0.15) is 0 Å². The summed E-state index contributed by atoms with van der Waals surface area (Å²) in [6, 6.07) is 7.12. The van der Waals surface area contributed by atoms with E-state index in [0.29, 0.717) is 33.0 Å². The van der Waals surface area contributed by atoms with Gasteiger partial charge in [0.1, 0.15) is 18.0 Å². The maximum Gasteiger partial charge on any atom is 0.335 e. The molecule has 1 fully saturated rings. The number of nitrogens with zero attached hydrogens (tertiary/aromatic N) is 1. The number of amides is 4. The molecule has 0 saturated carbocycles. The highest BCUT2D eigenvalue weighted by atomic mass is 79.9. The van der Waals surface area contributed by atoms with E-state index in [9.17, 15) is 18.8 Å². The zero-order chi connectivity index (χ0) is 22.5. The van der Waals surface area contributed by atoms with Crippen LogP contribution in [0.4, 0.5) is 14.9 Å². The molecule has 7 nitrogen and oxygen atoms in total. The van der Waals surface area contributed by atoms with Crippen LogP contribution in [0.15, 0.2) is 46.4 Å². The van der Waals surface area contributed by atoms with Gasteiger partial charge in [-0.3, -0.25) is 14.9 Å². The van der Waals surface area contributed by atoms with E-state index in [2.05, 4.69) is 27.2 Å². The Hall–Kier alpha value is -3.64. The zero-order valence-corrected chi connectivity index (χ0v) is 17.9. The Bertz CT molecular complexity index is 1140. The van der Waals surface area contributed by atoms with Gasteiger partial charge in [-0.25, -0.2) is 14.1 Å². The molecule has 0 aliphatic carbocycles. The van der Waals surface area contributed by atoms with E-state index in [-0.39, 0.29) is 17.9 Å². The Morgan fingerprint density at radius 2 is 1.94 bits per heavy atom. The van der Waals surface area contributed by atoms with Crippen molar-refractivity contribution >= 4 is 45.5 Å². The van der Waals surface area contributed by atoms with E-state index >= 15 is 0 Å². The van der Waals surface area contributed by atoms with Crippen molar-refractivity contribution in [2.75, 3.05) is 18.1 Å². The van der Waals surface area contributed by atoms with Crippen LogP contribution in [-0.4, -0.2) is 31.1 Å². The number of imide groups is 2. The quantitative estimate of drug-likeness (QED) is 0.382. The fraction of sp³-hybridized carbons (Fsp3) is 0.136. The normalized spacial score (nSPS) is 15.0. The van der Waals surface area contributed by atoms with Crippen molar-refractivity contribution < 1.29 is 28.2 Å². The van der Waals surface area contributed by atoms with E-state index in [0.717, 1.165) is 6.07 Å². The minimum absolute atomic E-state index is 0.00648. The predicted octanol–water partition coefficient (Wildman–Crippen LogP) is 3.67. The van der Waals surface area contributed by atoms with Crippen LogP contribution in [0.1, 0.15) is 12.5 Å². The van der Waals surface area contributed by atoms with Gasteiger partial charge in [0.05, 0.1) is 12.3 Å². The molecule has 158 valence electrons. The summed E-state index contributed by atoms with van der Waals surface area (Å²) in [5.41, 5.74) is 0.0980. The number of anilines is 1. The fourth-order valence-electron chi connectivity index (χ4n) is 2.82. The third-order valence-electron chi connectivity index (χ3n) is 4.14. The monoisotopic (exact) mass is 486 g/mol. The fourth-order valence-corrected chi connectivity index (χ4v) is 3.26. The summed E-state index contributed by atoms with van der Waals surface area (Å²) in [4.78, 5) is 38.3. The van der Waals surface area contributed by atoms with Gasteiger partial charge >= 0.3 is 6.03 Å². The summed E-state index contributed by atoms with van der Waals surface area (Å²) >= 11 is 3.37. The van der Waals surface area contributed by atoms with Gasteiger partial charge in [-0.1, -0.05) is 27.9 Å². The Morgan fingerprint density at radius 1 is 1.19 bits per heavy atom. The van der Waals surface area contributed by atoms with Gasteiger partial charge < -0.3 is 9.47 Å². The number of benzene rings is 2. The summed E-state index contributed by atoms with van der Waals surface area (Å²) in [5.74, 6) is 0.695. The van der Waals surface area contributed by atoms with E-state index in [4.69, 9.17) is 15.9 Å². The van der Waals surface area contributed by atoms with Crippen molar-refractivity contribution in [3.05, 3.63) is 57.8 Å². The number of hydrogen-bond donors (Lipinski definition) is 1. The average molecular weight is 487 g/mol. The molecule has 2 aromatic carbocycles. The molecule has 1 heterocycles. The number of ether oxygens (including phenoxy) is 2. The number of rotatable bonds is 6. The van der Waals surface area contributed by atoms with Gasteiger partial charge in [0.25, 0.3) is 11.8 Å². The second kappa shape index (κ2) is 9.45. The summed E-state index contributed by atoms with van der Waals surface area (Å²) in [5, 5.41) is 2.09. The molecule has 0 radical (unpaired) electrons. The molecule has 0 aromatic heterocycles. The largest absolute Gasteiger partial charge is 0.490 e. The van der Waals surface area contributed by atoms with Crippen LogP contribution in [0, 0.1) is 18.2 Å². The predicted molar refractivity (Wildman–Crippen MR) is 115 cm³/mol. The average Bonchev–Trinajstić information content (AvgIpc) is 2.72. The van der Waals surface area contributed by atoms with Crippen molar-refractivity contribution in [1.82, 2.24) is 5.32 Å². The molecule has 1 saturated heterocycles. The molecule has 0 spiro atoms. The van der Waals surface area contributed by atoms with Crippen LogP contribution in [0.25, 0.3) is 6.08 Å². The SMILES string of the molecule is C#CCOc1cc(Br)c(/C=C2\C(=O)NC(=O)N(c3cccc(F)c3)C2=O)cc1OCC. The first kappa shape index (κ1) is 22.1. The van der Waals surface area contributed by atoms with Crippen LogP contribution in [-0.2, 0) is 9.59 Å². The van der Waals surface area contributed by atoms with Crippen LogP contribution in [0.2, 0.25) is 0 Å². The molecule has 0 atom stereocenters. The maximum atomic E-state index is 13.6. The molecule has 0 unspecified atom stereocenters. The Kier molecular flexibility index (Phi) is 6.72. The lowest BCUT2D eigenvalue weighted by Gasteiger charge is -2.26.